The lowest BCUT2D eigenvalue weighted by atomic mass is 9.99. The highest BCUT2D eigenvalue weighted by molar-refractivity contribution is 4.96. The van der Waals surface area contributed by atoms with Gasteiger partial charge < -0.3 is 4.90 Å². The predicted molar refractivity (Wildman–Crippen MR) is 70.2 cm³/mol. The zero-order valence-electron chi connectivity index (χ0n) is 11.3. The van der Waals surface area contributed by atoms with E-state index in [0.29, 0.717) is 12.0 Å². The van der Waals surface area contributed by atoms with E-state index in [-0.39, 0.29) is 0 Å². The molecule has 0 amide bonds. The average molecular weight is 211 g/mol. The third-order valence-electron chi connectivity index (χ3n) is 3.21. The molecular weight excluding hydrogens is 182 g/mol. The van der Waals surface area contributed by atoms with Crippen molar-refractivity contribution in [1.29, 1.82) is 0 Å². The van der Waals surface area contributed by atoms with Crippen molar-refractivity contribution in [3.8, 4) is 0 Å². The molecule has 0 N–H and O–H groups in total. The van der Waals surface area contributed by atoms with E-state index in [0.717, 1.165) is 0 Å². The van der Waals surface area contributed by atoms with Crippen molar-refractivity contribution < 1.29 is 0 Å². The first kappa shape index (κ1) is 14.7. The minimum Gasteiger partial charge on any atom is -0.304 e. The Labute approximate surface area is 96.6 Å². The number of hydrogen-bond acceptors (Lipinski definition) is 1. The molecule has 0 saturated carbocycles. The van der Waals surface area contributed by atoms with E-state index in [4.69, 9.17) is 0 Å². The van der Waals surface area contributed by atoms with Gasteiger partial charge in [0.15, 0.2) is 0 Å². The summed E-state index contributed by atoms with van der Waals surface area (Å²) in [5.41, 5.74) is 1.41. The summed E-state index contributed by atoms with van der Waals surface area (Å²) in [6, 6.07) is 0.677. The van der Waals surface area contributed by atoms with Crippen LogP contribution >= 0.6 is 0 Å². The Morgan fingerprint density at radius 3 is 2.13 bits per heavy atom. The zero-order valence-corrected chi connectivity index (χ0v) is 11.3. The lowest BCUT2D eigenvalue weighted by Crippen LogP contribution is -2.27. The van der Waals surface area contributed by atoms with Crippen molar-refractivity contribution in [1.82, 2.24) is 4.90 Å². The number of unbranched alkanes of at least 4 members (excludes halogenated alkanes) is 2. The van der Waals surface area contributed by atoms with Crippen LogP contribution in [0.2, 0.25) is 0 Å². The molecule has 0 saturated heterocycles. The first-order valence-electron chi connectivity index (χ1n) is 6.33. The second-order valence-corrected chi connectivity index (χ2v) is 5.20. The van der Waals surface area contributed by atoms with Crippen molar-refractivity contribution in [2.45, 2.75) is 59.4 Å². The molecule has 0 radical (unpaired) electrons. The van der Waals surface area contributed by atoms with Gasteiger partial charge in [-0.3, -0.25) is 0 Å². The molecule has 0 rings (SSSR count). The van der Waals surface area contributed by atoms with Crippen LogP contribution in [0.4, 0.5) is 0 Å². The lowest BCUT2D eigenvalue weighted by molar-refractivity contribution is 0.267. The lowest BCUT2D eigenvalue weighted by Gasteiger charge is -2.20. The van der Waals surface area contributed by atoms with Gasteiger partial charge in [-0.05, 0) is 52.6 Å². The Balaban J connectivity index is 3.36. The fraction of sp³-hybridized carbons (Fsp3) is 0.857. The number of hydrogen-bond donors (Lipinski definition) is 0. The maximum Gasteiger partial charge on any atom is 0.00355 e. The second kappa shape index (κ2) is 7.92. The van der Waals surface area contributed by atoms with E-state index in [1.165, 1.54) is 37.8 Å². The molecular formula is C14H29N. The standard InChI is InChI=1S/C14H29N/c1-12(2)14(5)10-8-7-9-11-15(6)13(3)4/h12-13H,5,7-11H2,1-4,6H3. The molecule has 0 fully saturated rings. The highest BCUT2D eigenvalue weighted by Gasteiger charge is 2.03. The van der Waals surface area contributed by atoms with Gasteiger partial charge in [0.25, 0.3) is 0 Å². The normalized spacial score (nSPS) is 11.7. The van der Waals surface area contributed by atoms with Gasteiger partial charge in [-0.15, -0.1) is 0 Å². The molecule has 0 aromatic heterocycles. The second-order valence-electron chi connectivity index (χ2n) is 5.20. The average Bonchev–Trinajstić information content (AvgIpc) is 2.16. The van der Waals surface area contributed by atoms with E-state index < -0.39 is 0 Å². The van der Waals surface area contributed by atoms with Crippen molar-refractivity contribution in [3.05, 3.63) is 12.2 Å². The van der Waals surface area contributed by atoms with Crippen LogP contribution in [0.15, 0.2) is 12.2 Å². The maximum absolute atomic E-state index is 4.10. The SMILES string of the molecule is C=C(CCCCCN(C)C(C)C)C(C)C. The highest BCUT2D eigenvalue weighted by atomic mass is 15.1. The van der Waals surface area contributed by atoms with Gasteiger partial charge in [0.1, 0.15) is 0 Å². The first-order valence-corrected chi connectivity index (χ1v) is 6.33. The number of rotatable bonds is 8. The molecule has 0 heterocycles. The van der Waals surface area contributed by atoms with E-state index in [1.807, 2.05) is 0 Å². The smallest absolute Gasteiger partial charge is 0.00355 e. The van der Waals surface area contributed by atoms with E-state index >= 15 is 0 Å². The van der Waals surface area contributed by atoms with Crippen LogP contribution in [0.1, 0.15) is 53.4 Å². The van der Waals surface area contributed by atoms with Crippen LogP contribution in [0, 0.1) is 5.92 Å². The van der Waals surface area contributed by atoms with Gasteiger partial charge in [-0.1, -0.05) is 32.4 Å². The maximum atomic E-state index is 4.10. The fourth-order valence-electron chi connectivity index (χ4n) is 1.44. The number of nitrogens with zero attached hydrogens (tertiary/aromatic N) is 1. The van der Waals surface area contributed by atoms with Crippen molar-refractivity contribution in [3.63, 3.8) is 0 Å². The first-order chi connectivity index (χ1) is 6.95. The van der Waals surface area contributed by atoms with Crippen LogP contribution < -0.4 is 0 Å². The monoisotopic (exact) mass is 211 g/mol. The minimum absolute atomic E-state index is 0.656. The van der Waals surface area contributed by atoms with Gasteiger partial charge >= 0.3 is 0 Å². The van der Waals surface area contributed by atoms with Crippen molar-refractivity contribution >= 4 is 0 Å². The molecule has 0 aromatic rings. The molecule has 0 atom stereocenters. The Bertz CT molecular complexity index is 170. The Hall–Kier alpha value is -0.300. The summed E-state index contributed by atoms with van der Waals surface area (Å²) in [7, 11) is 2.21. The quantitative estimate of drug-likeness (QED) is 0.431. The summed E-state index contributed by atoms with van der Waals surface area (Å²) in [6.07, 6.45) is 5.18. The summed E-state index contributed by atoms with van der Waals surface area (Å²) in [5.74, 6) is 0.656. The Morgan fingerprint density at radius 2 is 1.67 bits per heavy atom. The molecule has 0 aromatic carbocycles. The summed E-state index contributed by atoms with van der Waals surface area (Å²) in [4.78, 5) is 2.41. The predicted octanol–water partition coefficient (Wildman–Crippen LogP) is 4.10. The largest absolute Gasteiger partial charge is 0.304 e. The van der Waals surface area contributed by atoms with E-state index in [2.05, 4.69) is 46.2 Å². The molecule has 0 unspecified atom stereocenters. The number of allylic oxidation sites excluding steroid dienone is 1. The molecule has 0 bridgehead atoms. The molecule has 1 nitrogen and oxygen atoms in total. The zero-order chi connectivity index (χ0) is 11.8. The van der Waals surface area contributed by atoms with Crippen LogP contribution in [-0.2, 0) is 0 Å². The Kier molecular flexibility index (Phi) is 7.76. The van der Waals surface area contributed by atoms with Crippen LogP contribution in [0.5, 0.6) is 0 Å². The third kappa shape index (κ3) is 7.61. The van der Waals surface area contributed by atoms with Crippen LogP contribution in [-0.4, -0.2) is 24.5 Å². The van der Waals surface area contributed by atoms with Gasteiger partial charge in [0, 0.05) is 6.04 Å². The molecule has 0 aliphatic heterocycles. The summed E-state index contributed by atoms with van der Waals surface area (Å²) in [5, 5.41) is 0. The van der Waals surface area contributed by atoms with Gasteiger partial charge in [-0.2, -0.15) is 0 Å². The highest BCUT2D eigenvalue weighted by Crippen LogP contribution is 2.15. The van der Waals surface area contributed by atoms with E-state index in [9.17, 15) is 0 Å². The van der Waals surface area contributed by atoms with Gasteiger partial charge in [0.2, 0.25) is 0 Å². The summed E-state index contributed by atoms with van der Waals surface area (Å²) < 4.78 is 0. The van der Waals surface area contributed by atoms with E-state index in [1.54, 1.807) is 0 Å². The molecule has 0 aliphatic carbocycles. The Morgan fingerprint density at radius 1 is 1.07 bits per heavy atom. The van der Waals surface area contributed by atoms with Crippen molar-refractivity contribution in [2.24, 2.45) is 5.92 Å². The summed E-state index contributed by atoms with van der Waals surface area (Å²) >= 11 is 0. The van der Waals surface area contributed by atoms with Crippen LogP contribution in [0.3, 0.4) is 0 Å². The van der Waals surface area contributed by atoms with Crippen LogP contribution in [0.25, 0.3) is 0 Å². The topological polar surface area (TPSA) is 3.24 Å². The molecule has 0 aliphatic rings. The molecule has 90 valence electrons. The molecule has 15 heavy (non-hydrogen) atoms. The van der Waals surface area contributed by atoms with Crippen molar-refractivity contribution in [2.75, 3.05) is 13.6 Å². The summed E-state index contributed by atoms with van der Waals surface area (Å²) in [6.45, 7) is 14.3. The minimum atomic E-state index is 0.656. The fourth-order valence-corrected chi connectivity index (χ4v) is 1.44. The van der Waals surface area contributed by atoms with Gasteiger partial charge in [-0.25, -0.2) is 0 Å². The molecule has 0 spiro atoms. The van der Waals surface area contributed by atoms with Gasteiger partial charge in [0.05, 0.1) is 0 Å². The third-order valence-corrected chi connectivity index (χ3v) is 3.21. The molecule has 1 heteroatoms.